The number of nitrogens with two attached hydrogens (primary N) is 1. The molecule has 3 N–H and O–H groups in total. The van der Waals surface area contributed by atoms with E-state index in [4.69, 9.17) is 10.9 Å². The van der Waals surface area contributed by atoms with E-state index in [1.165, 1.54) is 0 Å². The van der Waals surface area contributed by atoms with Gasteiger partial charge in [0.1, 0.15) is 0 Å². The van der Waals surface area contributed by atoms with Crippen molar-refractivity contribution in [2.24, 2.45) is 10.9 Å². The molecule has 0 fully saturated rings. The lowest BCUT2D eigenvalue weighted by Gasteiger charge is -2.31. The second-order valence-corrected chi connectivity index (χ2v) is 5.02. The second kappa shape index (κ2) is 6.64. The molecule has 0 aliphatic carbocycles. The van der Waals surface area contributed by atoms with Crippen molar-refractivity contribution in [2.75, 3.05) is 11.4 Å². The standard InChI is InChI=1S/C13H20BrN3O/c1-4-9(3)17(5-2)11-8-6-7-10(14)12(11)13(15)16-18/h6-9,18H,4-5H2,1-3H3,(H2,15,16). The van der Waals surface area contributed by atoms with Gasteiger partial charge in [0.2, 0.25) is 0 Å². The molecule has 0 saturated heterocycles. The molecule has 4 nitrogen and oxygen atoms in total. The van der Waals surface area contributed by atoms with Crippen LogP contribution in [0.1, 0.15) is 32.8 Å². The quantitative estimate of drug-likeness (QED) is 0.380. The van der Waals surface area contributed by atoms with Crippen molar-refractivity contribution in [1.29, 1.82) is 0 Å². The summed E-state index contributed by atoms with van der Waals surface area (Å²) in [5.41, 5.74) is 7.49. The fourth-order valence-electron chi connectivity index (χ4n) is 2.00. The average Bonchev–Trinajstić information content (AvgIpc) is 2.38. The molecule has 1 aromatic rings. The largest absolute Gasteiger partial charge is 0.409 e. The zero-order valence-corrected chi connectivity index (χ0v) is 12.6. The molecule has 0 aromatic heterocycles. The molecule has 0 spiro atoms. The molecule has 0 saturated carbocycles. The van der Waals surface area contributed by atoms with Crippen LogP contribution in [0.5, 0.6) is 0 Å². The van der Waals surface area contributed by atoms with Crippen molar-refractivity contribution in [1.82, 2.24) is 0 Å². The maximum Gasteiger partial charge on any atom is 0.173 e. The molecule has 18 heavy (non-hydrogen) atoms. The first-order valence-corrected chi connectivity index (χ1v) is 6.89. The predicted molar refractivity (Wildman–Crippen MR) is 79.4 cm³/mol. The minimum atomic E-state index is 0.124. The first-order valence-electron chi connectivity index (χ1n) is 6.09. The van der Waals surface area contributed by atoms with Crippen LogP contribution < -0.4 is 10.6 Å². The molecular weight excluding hydrogens is 294 g/mol. The van der Waals surface area contributed by atoms with Gasteiger partial charge in [0.25, 0.3) is 0 Å². The number of amidine groups is 1. The van der Waals surface area contributed by atoms with Gasteiger partial charge >= 0.3 is 0 Å². The fourth-order valence-corrected chi connectivity index (χ4v) is 2.55. The van der Waals surface area contributed by atoms with E-state index in [1.54, 1.807) is 0 Å². The van der Waals surface area contributed by atoms with Crippen molar-refractivity contribution >= 4 is 27.5 Å². The Labute approximate surface area is 117 Å². The highest BCUT2D eigenvalue weighted by Gasteiger charge is 2.18. The van der Waals surface area contributed by atoms with E-state index in [1.807, 2.05) is 18.2 Å². The lowest BCUT2D eigenvalue weighted by Crippen LogP contribution is -2.34. The topological polar surface area (TPSA) is 61.8 Å². The zero-order valence-electron chi connectivity index (χ0n) is 11.0. The van der Waals surface area contributed by atoms with E-state index in [9.17, 15) is 0 Å². The van der Waals surface area contributed by atoms with Crippen LogP contribution in [0.15, 0.2) is 27.8 Å². The summed E-state index contributed by atoms with van der Waals surface area (Å²) < 4.78 is 0.831. The number of rotatable bonds is 5. The summed E-state index contributed by atoms with van der Waals surface area (Å²) in [5.74, 6) is 0.124. The highest BCUT2D eigenvalue weighted by molar-refractivity contribution is 9.10. The normalized spacial score (nSPS) is 13.4. The fraction of sp³-hybridized carbons (Fsp3) is 0.462. The molecule has 1 unspecified atom stereocenters. The Morgan fingerprint density at radius 3 is 2.67 bits per heavy atom. The van der Waals surface area contributed by atoms with Crippen LogP contribution in [-0.2, 0) is 0 Å². The molecule has 5 heteroatoms. The van der Waals surface area contributed by atoms with Crippen LogP contribution in [0.25, 0.3) is 0 Å². The Bertz CT molecular complexity index is 434. The molecule has 0 bridgehead atoms. The Hall–Kier alpha value is -1.23. The van der Waals surface area contributed by atoms with Gasteiger partial charge in [-0.05, 0) is 48.3 Å². The minimum Gasteiger partial charge on any atom is -0.409 e. The molecule has 0 radical (unpaired) electrons. The Morgan fingerprint density at radius 2 is 2.17 bits per heavy atom. The number of anilines is 1. The van der Waals surface area contributed by atoms with Crippen molar-refractivity contribution in [2.45, 2.75) is 33.2 Å². The van der Waals surface area contributed by atoms with Crippen LogP contribution in [0.2, 0.25) is 0 Å². The molecular formula is C13H20BrN3O. The van der Waals surface area contributed by atoms with E-state index in [-0.39, 0.29) is 5.84 Å². The third-order valence-corrected chi connectivity index (χ3v) is 3.79. The first-order chi connectivity index (χ1) is 8.56. The van der Waals surface area contributed by atoms with Gasteiger partial charge < -0.3 is 15.8 Å². The maximum absolute atomic E-state index is 8.91. The van der Waals surface area contributed by atoms with Crippen molar-refractivity contribution in [3.8, 4) is 0 Å². The lowest BCUT2D eigenvalue weighted by atomic mass is 10.1. The van der Waals surface area contributed by atoms with E-state index in [2.05, 4.69) is 46.8 Å². The number of hydrogen-bond acceptors (Lipinski definition) is 3. The number of hydrogen-bond donors (Lipinski definition) is 2. The molecule has 0 heterocycles. The van der Waals surface area contributed by atoms with Crippen LogP contribution in [-0.4, -0.2) is 23.6 Å². The van der Waals surface area contributed by atoms with Gasteiger partial charge in [0.05, 0.1) is 5.56 Å². The predicted octanol–water partition coefficient (Wildman–Crippen LogP) is 3.17. The summed E-state index contributed by atoms with van der Waals surface area (Å²) >= 11 is 3.46. The van der Waals surface area contributed by atoms with Crippen LogP contribution in [0.3, 0.4) is 0 Å². The zero-order chi connectivity index (χ0) is 13.7. The molecule has 1 atom stereocenters. The van der Waals surface area contributed by atoms with Crippen molar-refractivity contribution in [3.05, 3.63) is 28.2 Å². The molecule has 0 aliphatic rings. The summed E-state index contributed by atoms with van der Waals surface area (Å²) in [6.45, 7) is 7.29. The van der Waals surface area contributed by atoms with Gasteiger partial charge in [-0.1, -0.05) is 18.1 Å². The molecule has 100 valence electrons. The summed E-state index contributed by atoms with van der Waals surface area (Å²) in [7, 11) is 0. The van der Waals surface area contributed by atoms with Gasteiger partial charge in [-0.15, -0.1) is 0 Å². The molecule has 1 aromatic carbocycles. The molecule has 0 aliphatic heterocycles. The van der Waals surface area contributed by atoms with E-state index in [0.29, 0.717) is 6.04 Å². The summed E-state index contributed by atoms with van der Waals surface area (Å²) in [4.78, 5) is 2.25. The van der Waals surface area contributed by atoms with Crippen LogP contribution in [0, 0.1) is 0 Å². The SMILES string of the molecule is CCC(C)N(CC)c1cccc(Br)c1/C(N)=N/O. The summed E-state index contributed by atoms with van der Waals surface area (Å²) in [6, 6.07) is 6.24. The van der Waals surface area contributed by atoms with Crippen molar-refractivity contribution in [3.63, 3.8) is 0 Å². The number of nitrogens with zero attached hydrogens (tertiary/aromatic N) is 2. The van der Waals surface area contributed by atoms with Crippen LogP contribution >= 0.6 is 15.9 Å². The Balaban J connectivity index is 3.34. The highest BCUT2D eigenvalue weighted by Crippen LogP contribution is 2.29. The summed E-state index contributed by atoms with van der Waals surface area (Å²) in [6.07, 6.45) is 1.04. The average molecular weight is 314 g/mol. The number of oxime groups is 1. The Kier molecular flexibility index (Phi) is 5.47. The third-order valence-electron chi connectivity index (χ3n) is 3.13. The Morgan fingerprint density at radius 1 is 1.50 bits per heavy atom. The summed E-state index contributed by atoms with van der Waals surface area (Å²) in [5, 5.41) is 12.0. The lowest BCUT2D eigenvalue weighted by molar-refractivity contribution is 0.318. The molecule has 1 rings (SSSR count). The van der Waals surface area contributed by atoms with Gasteiger partial charge in [-0.3, -0.25) is 0 Å². The smallest absolute Gasteiger partial charge is 0.173 e. The third kappa shape index (κ3) is 2.96. The van der Waals surface area contributed by atoms with Crippen LogP contribution in [0.4, 0.5) is 5.69 Å². The van der Waals surface area contributed by atoms with Gasteiger partial charge in [0.15, 0.2) is 5.84 Å². The highest BCUT2D eigenvalue weighted by atomic mass is 79.9. The van der Waals surface area contributed by atoms with Gasteiger partial charge in [-0.25, -0.2) is 0 Å². The van der Waals surface area contributed by atoms with E-state index in [0.717, 1.165) is 28.7 Å². The minimum absolute atomic E-state index is 0.124. The monoisotopic (exact) mass is 313 g/mol. The van der Waals surface area contributed by atoms with Gasteiger partial charge in [0, 0.05) is 22.7 Å². The maximum atomic E-state index is 8.91. The second-order valence-electron chi connectivity index (χ2n) is 4.16. The van der Waals surface area contributed by atoms with Crippen molar-refractivity contribution < 1.29 is 5.21 Å². The first kappa shape index (κ1) is 14.8. The number of halogens is 1. The van der Waals surface area contributed by atoms with E-state index >= 15 is 0 Å². The van der Waals surface area contributed by atoms with Gasteiger partial charge in [-0.2, -0.15) is 0 Å². The van der Waals surface area contributed by atoms with E-state index < -0.39 is 0 Å². The number of benzene rings is 1. The molecule has 0 amide bonds.